The standard InChI is InChI=1S/C18H20N2O4S/c1-25(23,24)18-12-15(9-10-17(18)20(21)22)19-16(14-7-8-14)11-13-5-3-2-4-6-13/h2-6,9-10,12,14,16,19H,7-8,11H2,1H3. The van der Waals surface area contributed by atoms with E-state index in [1.54, 1.807) is 6.07 Å². The van der Waals surface area contributed by atoms with Crippen LogP contribution >= 0.6 is 0 Å². The van der Waals surface area contributed by atoms with Gasteiger partial charge in [-0.2, -0.15) is 0 Å². The Balaban J connectivity index is 1.86. The highest BCUT2D eigenvalue weighted by atomic mass is 32.2. The topological polar surface area (TPSA) is 89.3 Å². The summed E-state index contributed by atoms with van der Waals surface area (Å²) in [7, 11) is -3.68. The second-order valence-corrected chi connectivity index (χ2v) is 8.47. The zero-order chi connectivity index (χ0) is 18.0. The van der Waals surface area contributed by atoms with Crippen molar-refractivity contribution in [1.29, 1.82) is 0 Å². The van der Waals surface area contributed by atoms with Crippen molar-refractivity contribution in [3.63, 3.8) is 0 Å². The normalized spacial score (nSPS) is 15.6. The Kier molecular flexibility index (Phi) is 4.76. The minimum atomic E-state index is -3.68. The molecule has 2 aromatic rings. The van der Waals surface area contributed by atoms with E-state index >= 15 is 0 Å². The van der Waals surface area contributed by atoms with Crippen LogP contribution in [0.4, 0.5) is 11.4 Å². The summed E-state index contributed by atoms with van der Waals surface area (Å²) in [4.78, 5) is 10.2. The number of hydrogen-bond donors (Lipinski definition) is 1. The Morgan fingerprint density at radius 1 is 1.20 bits per heavy atom. The molecule has 1 N–H and O–H groups in total. The van der Waals surface area contributed by atoms with Crippen LogP contribution < -0.4 is 5.32 Å². The van der Waals surface area contributed by atoms with Gasteiger partial charge in [-0.15, -0.1) is 0 Å². The summed E-state index contributed by atoms with van der Waals surface area (Å²) in [6.07, 6.45) is 4.09. The highest BCUT2D eigenvalue weighted by Gasteiger charge is 2.32. The van der Waals surface area contributed by atoms with Gasteiger partial charge in [0.25, 0.3) is 5.69 Å². The molecule has 0 heterocycles. The van der Waals surface area contributed by atoms with Gasteiger partial charge in [-0.3, -0.25) is 10.1 Å². The van der Waals surface area contributed by atoms with Crippen LogP contribution in [0.5, 0.6) is 0 Å². The van der Waals surface area contributed by atoms with E-state index in [1.165, 1.54) is 17.7 Å². The summed E-state index contributed by atoms with van der Waals surface area (Å²) in [5.41, 5.74) is 1.41. The molecule has 0 aliphatic heterocycles. The van der Waals surface area contributed by atoms with Crippen molar-refractivity contribution in [1.82, 2.24) is 0 Å². The van der Waals surface area contributed by atoms with E-state index in [-0.39, 0.29) is 16.6 Å². The summed E-state index contributed by atoms with van der Waals surface area (Å²) in [6, 6.07) is 14.5. The van der Waals surface area contributed by atoms with Gasteiger partial charge >= 0.3 is 0 Å². The Morgan fingerprint density at radius 2 is 1.88 bits per heavy atom. The van der Waals surface area contributed by atoms with Crippen molar-refractivity contribution in [2.75, 3.05) is 11.6 Å². The molecule has 1 atom stereocenters. The maximum absolute atomic E-state index is 11.9. The van der Waals surface area contributed by atoms with Gasteiger partial charge in [-0.05, 0) is 42.9 Å². The van der Waals surface area contributed by atoms with Gasteiger partial charge in [0, 0.05) is 24.1 Å². The Hall–Kier alpha value is -2.41. The zero-order valence-electron chi connectivity index (χ0n) is 13.9. The highest BCUT2D eigenvalue weighted by Crippen LogP contribution is 2.36. The number of nitro benzene ring substituents is 1. The van der Waals surface area contributed by atoms with E-state index in [2.05, 4.69) is 17.4 Å². The maximum Gasteiger partial charge on any atom is 0.288 e. The monoisotopic (exact) mass is 360 g/mol. The van der Waals surface area contributed by atoms with Gasteiger partial charge in [0.1, 0.15) is 4.90 Å². The number of nitrogens with zero attached hydrogens (tertiary/aromatic N) is 1. The number of nitrogens with one attached hydrogen (secondary N) is 1. The predicted molar refractivity (Wildman–Crippen MR) is 96.5 cm³/mol. The van der Waals surface area contributed by atoms with E-state index < -0.39 is 14.8 Å². The van der Waals surface area contributed by atoms with Crippen molar-refractivity contribution in [3.8, 4) is 0 Å². The number of sulfone groups is 1. The second-order valence-electron chi connectivity index (χ2n) is 6.49. The lowest BCUT2D eigenvalue weighted by Crippen LogP contribution is -2.24. The first-order valence-electron chi connectivity index (χ1n) is 8.13. The molecule has 0 spiro atoms. The number of hydrogen-bond acceptors (Lipinski definition) is 5. The summed E-state index contributed by atoms with van der Waals surface area (Å²) in [5, 5.41) is 14.5. The fraction of sp³-hybridized carbons (Fsp3) is 0.333. The van der Waals surface area contributed by atoms with E-state index in [0.717, 1.165) is 25.5 Å². The number of anilines is 1. The lowest BCUT2D eigenvalue weighted by Gasteiger charge is -2.20. The molecule has 1 unspecified atom stereocenters. The van der Waals surface area contributed by atoms with Crippen LogP contribution in [-0.4, -0.2) is 25.6 Å². The molecule has 132 valence electrons. The molecule has 0 bridgehead atoms. The first-order valence-corrected chi connectivity index (χ1v) is 10.0. The molecule has 1 aliphatic rings. The van der Waals surface area contributed by atoms with Gasteiger partial charge < -0.3 is 5.32 Å². The molecular formula is C18H20N2O4S. The molecule has 0 amide bonds. The Morgan fingerprint density at radius 3 is 2.44 bits per heavy atom. The number of benzene rings is 2. The van der Waals surface area contributed by atoms with Gasteiger partial charge in [0.15, 0.2) is 9.84 Å². The third kappa shape index (κ3) is 4.36. The van der Waals surface area contributed by atoms with Crippen LogP contribution in [0, 0.1) is 16.0 Å². The van der Waals surface area contributed by atoms with Crippen molar-refractivity contribution in [2.45, 2.75) is 30.2 Å². The first-order chi connectivity index (χ1) is 11.8. The average molecular weight is 360 g/mol. The fourth-order valence-corrected chi connectivity index (χ4v) is 3.83. The van der Waals surface area contributed by atoms with Crippen LogP contribution in [0.2, 0.25) is 0 Å². The van der Waals surface area contributed by atoms with Crippen molar-refractivity contribution < 1.29 is 13.3 Å². The van der Waals surface area contributed by atoms with Crippen molar-refractivity contribution in [3.05, 3.63) is 64.2 Å². The highest BCUT2D eigenvalue weighted by molar-refractivity contribution is 7.90. The SMILES string of the molecule is CS(=O)(=O)c1cc(NC(Cc2ccccc2)C2CC2)ccc1[N+](=O)[O-]. The molecule has 0 radical (unpaired) electrons. The Labute approximate surface area is 147 Å². The summed E-state index contributed by atoms with van der Waals surface area (Å²) in [6.45, 7) is 0. The van der Waals surface area contributed by atoms with Crippen molar-refractivity contribution in [2.24, 2.45) is 5.92 Å². The predicted octanol–water partition coefficient (Wildman–Crippen LogP) is 3.43. The summed E-state index contributed by atoms with van der Waals surface area (Å²) < 4.78 is 23.8. The van der Waals surface area contributed by atoms with Crippen LogP contribution in [0.25, 0.3) is 0 Å². The molecule has 3 rings (SSSR count). The minimum absolute atomic E-state index is 0.177. The molecule has 0 aromatic heterocycles. The molecule has 2 aromatic carbocycles. The zero-order valence-corrected chi connectivity index (χ0v) is 14.7. The number of rotatable bonds is 7. The molecule has 25 heavy (non-hydrogen) atoms. The van der Waals surface area contributed by atoms with Gasteiger partial charge in [0.2, 0.25) is 0 Å². The molecular weight excluding hydrogens is 340 g/mol. The summed E-state index contributed by atoms with van der Waals surface area (Å²) >= 11 is 0. The molecule has 1 saturated carbocycles. The van der Waals surface area contributed by atoms with Crippen LogP contribution in [0.15, 0.2) is 53.4 Å². The summed E-state index contributed by atoms with van der Waals surface area (Å²) in [5.74, 6) is 0.539. The smallest absolute Gasteiger partial charge is 0.288 e. The van der Waals surface area contributed by atoms with Gasteiger partial charge in [-0.1, -0.05) is 30.3 Å². The third-order valence-electron chi connectivity index (χ3n) is 4.40. The minimum Gasteiger partial charge on any atom is -0.382 e. The lowest BCUT2D eigenvalue weighted by molar-refractivity contribution is -0.387. The fourth-order valence-electron chi connectivity index (χ4n) is 2.97. The number of nitro groups is 1. The van der Waals surface area contributed by atoms with E-state index in [4.69, 9.17) is 0 Å². The molecule has 1 fully saturated rings. The quantitative estimate of drug-likeness (QED) is 0.603. The largest absolute Gasteiger partial charge is 0.382 e. The maximum atomic E-state index is 11.9. The lowest BCUT2D eigenvalue weighted by atomic mass is 10.0. The van der Waals surface area contributed by atoms with Gasteiger partial charge in [-0.25, -0.2) is 8.42 Å². The van der Waals surface area contributed by atoms with E-state index in [0.29, 0.717) is 11.6 Å². The molecule has 0 saturated heterocycles. The third-order valence-corrected chi connectivity index (χ3v) is 5.52. The van der Waals surface area contributed by atoms with Crippen LogP contribution in [0.1, 0.15) is 18.4 Å². The van der Waals surface area contributed by atoms with Crippen molar-refractivity contribution >= 4 is 21.2 Å². The van der Waals surface area contributed by atoms with Crippen LogP contribution in [0.3, 0.4) is 0 Å². The van der Waals surface area contributed by atoms with Crippen LogP contribution in [-0.2, 0) is 16.3 Å². The average Bonchev–Trinajstić information content (AvgIpc) is 3.39. The molecule has 6 nitrogen and oxygen atoms in total. The Bertz CT molecular complexity index is 877. The van der Waals surface area contributed by atoms with Gasteiger partial charge in [0.05, 0.1) is 4.92 Å². The molecule has 1 aliphatic carbocycles. The first kappa shape index (κ1) is 17.4. The second kappa shape index (κ2) is 6.84. The molecule has 7 heteroatoms. The van der Waals surface area contributed by atoms with E-state index in [9.17, 15) is 18.5 Å². The van der Waals surface area contributed by atoms with E-state index in [1.807, 2.05) is 18.2 Å².